The van der Waals surface area contributed by atoms with Crippen molar-refractivity contribution in [3.05, 3.63) is 49.6 Å². The Morgan fingerprint density at radius 2 is 1.95 bits per heavy atom. The molecule has 19 heavy (non-hydrogen) atoms. The number of halogens is 3. The minimum absolute atomic E-state index is 0.133. The molecule has 0 saturated carbocycles. The lowest BCUT2D eigenvalue weighted by molar-refractivity contribution is 0.101. The van der Waals surface area contributed by atoms with Crippen LogP contribution >= 0.6 is 47.8 Å². The van der Waals surface area contributed by atoms with Crippen LogP contribution in [0.15, 0.2) is 43.9 Å². The fourth-order valence-electron chi connectivity index (χ4n) is 1.71. The molecule has 1 N–H and O–H groups in total. The van der Waals surface area contributed by atoms with Crippen molar-refractivity contribution in [1.29, 1.82) is 0 Å². The summed E-state index contributed by atoms with van der Waals surface area (Å²) in [4.78, 5) is 12.3. The number of nitrogens with one attached hydrogen (secondary N) is 1. The van der Waals surface area contributed by atoms with E-state index in [1.165, 1.54) is 0 Å². The number of rotatable bonds is 3. The Labute approximate surface area is 136 Å². The Morgan fingerprint density at radius 1 is 1.21 bits per heavy atom. The molecule has 0 aliphatic heterocycles. The quantitative estimate of drug-likeness (QED) is 0.697. The van der Waals surface area contributed by atoms with Gasteiger partial charge in [0.05, 0.1) is 5.69 Å². The van der Waals surface area contributed by atoms with Gasteiger partial charge < -0.3 is 9.88 Å². The lowest BCUT2D eigenvalue weighted by Gasteiger charge is -2.09. The summed E-state index contributed by atoms with van der Waals surface area (Å²) in [7, 11) is 0. The first-order valence-electron chi connectivity index (χ1n) is 5.63. The van der Waals surface area contributed by atoms with Gasteiger partial charge >= 0.3 is 0 Å². The van der Waals surface area contributed by atoms with E-state index < -0.39 is 0 Å². The first kappa shape index (κ1) is 14.8. The zero-order chi connectivity index (χ0) is 14.0. The van der Waals surface area contributed by atoms with Gasteiger partial charge in [-0.1, -0.05) is 15.9 Å². The predicted molar refractivity (Wildman–Crippen MR) is 87.6 cm³/mol. The number of amides is 1. The third kappa shape index (κ3) is 3.49. The van der Waals surface area contributed by atoms with Crippen molar-refractivity contribution in [3.63, 3.8) is 0 Å². The van der Waals surface area contributed by atoms with Crippen LogP contribution < -0.4 is 5.32 Å². The van der Waals surface area contributed by atoms with E-state index in [9.17, 15) is 4.79 Å². The first-order chi connectivity index (χ1) is 9.01. The van der Waals surface area contributed by atoms with Crippen LogP contribution in [-0.2, 0) is 6.54 Å². The zero-order valence-corrected chi connectivity index (χ0v) is 14.8. The first-order valence-corrected chi connectivity index (χ1v) is 8.01. The third-order valence-corrected chi connectivity index (χ3v) is 4.23. The molecular weight excluding hydrogens is 440 g/mol. The number of hydrogen-bond donors (Lipinski definition) is 1. The fraction of sp³-hybridized carbons (Fsp3) is 0.154. The summed E-state index contributed by atoms with van der Waals surface area (Å²) in [5.41, 5.74) is 1.36. The summed E-state index contributed by atoms with van der Waals surface area (Å²) >= 11 is 10.2. The predicted octanol–water partition coefficient (Wildman–Crippen LogP) is 5.05. The number of nitrogens with zero attached hydrogens (tertiary/aromatic N) is 1. The Bertz CT molecular complexity index is 622. The number of anilines is 1. The minimum Gasteiger partial charge on any atom is -0.343 e. The van der Waals surface area contributed by atoms with E-state index in [-0.39, 0.29) is 5.91 Å². The highest BCUT2D eigenvalue weighted by Crippen LogP contribution is 2.27. The Hall–Kier alpha value is -0.590. The van der Waals surface area contributed by atoms with Gasteiger partial charge in [0.25, 0.3) is 5.91 Å². The maximum atomic E-state index is 12.3. The van der Waals surface area contributed by atoms with Crippen LogP contribution in [0.4, 0.5) is 5.69 Å². The van der Waals surface area contributed by atoms with Crippen LogP contribution in [0.1, 0.15) is 17.4 Å². The lowest BCUT2D eigenvalue weighted by atomic mass is 10.3. The van der Waals surface area contributed by atoms with Crippen molar-refractivity contribution >= 4 is 59.4 Å². The van der Waals surface area contributed by atoms with Crippen LogP contribution in [0, 0.1) is 0 Å². The van der Waals surface area contributed by atoms with Crippen molar-refractivity contribution < 1.29 is 4.79 Å². The highest BCUT2D eigenvalue weighted by Gasteiger charge is 2.13. The van der Waals surface area contributed by atoms with E-state index in [0.717, 1.165) is 25.7 Å². The second-order valence-corrected chi connectivity index (χ2v) is 6.59. The third-order valence-electron chi connectivity index (χ3n) is 2.61. The summed E-state index contributed by atoms with van der Waals surface area (Å²) in [6.07, 6.45) is 1.89. The van der Waals surface area contributed by atoms with E-state index >= 15 is 0 Å². The summed E-state index contributed by atoms with van der Waals surface area (Å²) in [6, 6.07) is 7.46. The maximum Gasteiger partial charge on any atom is 0.272 e. The molecular formula is C13H11Br3N2O. The molecule has 1 amide bonds. The van der Waals surface area contributed by atoms with Crippen LogP contribution in [0.5, 0.6) is 0 Å². The molecule has 1 heterocycles. The molecule has 0 spiro atoms. The van der Waals surface area contributed by atoms with Gasteiger partial charge in [0.2, 0.25) is 0 Å². The lowest BCUT2D eigenvalue weighted by Crippen LogP contribution is -2.16. The average Bonchev–Trinajstić information content (AvgIpc) is 2.75. The van der Waals surface area contributed by atoms with Crippen molar-refractivity contribution in [2.75, 3.05) is 5.32 Å². The van der Waals surface area contributed by atoms with Gasteiger partial charge in [0.1, 0.15) is 5.69 Å². The Kier molecular flexibility index (Phi) is 4.86. The van der Waals surface area contributed by atoms with Crippen molar-refractivity contribution in [3.8, 4) is 0 Å². The molecule has 0 saturated heterocycles. The molecule has 0 radical (unpaired) electrons. The number of aryl methyl sites for hydroxylation is 1. The molecule has 100 valence electrons. The smallest absolute Gasteiger partial charge is 0.272 e. The van der Waals surface area contributed by atoms with E-state index in [0.29, 0.717) is 5.69 Å². The molecule has 0 aliphatic carbocycles. The molecule has 3 nitrogen and oxygen atoms in total. The largest absolute Gasteiger partial charge is 0.343 e. The average molecular weight is 451 g/mol. The molecule has 0 bridgehead atoms. The van der Waals surface area contributed by atoms with Crippen LogP contribution in [-0.4, -0.2) is 10.5 Å². The monoisotopic (exact) mass is 448 g/mol. The van der Waals surface area contributed by atoms with Crippen molar-refractivity contribution in [2.45, 2.75) is 13.5 Å². The topological polar surface area (TPSA) is 34.0 Å². The van der Waals surface area contributed by atoms with E-state index in [4.69, 9.17) is 0 Å². The molecule has 1 aromatic heterocycles. The summed E-state index contributed by atoms with van der Waals surface area (Å²) in [5, 5.41) is 2.90. The normalized spacial score (nSPS) is 10.5. The van der Waals surface area contributed by atoms with Crippen molar-refractivity contribution in [1.82, 2.24) is 4.57 Å². The molecule has 0 fully saturated rings. The van der Waals surface area contributed by atoms with Gasteiger partial charge in [-0.25, -0.2) is 0 Å². The van der Waals surface area contributed by atoms with Gasteiger partial charge in [-0.3, -0.25) is 4.79 Å². The second-order valence-electron chi connectivity index (χ2n) is 3.91. The van der Waals surface area contributed by atoms with Gasteiger partial charge in [0.15, 0.2) is 0 Å². The van der Waals surface area contributed by atoms with Crippen LogP contribution in [0.25, 0.3) is 0 Å². The summed E-state index contributed by atoms with van der Waals surface area (Å²) in [5.74, 6) is -0.133. The number of aromatic nitrogens is 1. The highest BCUT2D eigenvalue weighted by molar-refractivity contribution is 9.11. The highest BCUT2D eigenvalue weighted by atomic mass is 79.9. The number of carbonyl (C=O) groups excluding carboxylic acids is 1. The van der Waals surface area contributed by atoms with Gasteiger partial charge in [-0.2, -0.15) is 0 Å². The zero-order valence-electron chi connectivity index (χ0n) is 10.1. The SMILES string of the molecule is CCn1cc(Br)cc1C(=O)Nc1cc(Br)ccc1Br. The summed E-state index contributed by atoms with van der Waals surface area (Å²) in [6.45, 7) is 2.74. The molecule has 0 atom stereocenters. The molecule has 2 aromatic rings. The fourth-order valence-corrected chi connectivity index (χ4v) is 2.88. The Morgan fingerprint density at radius 3 is 2.63 bits per heavy atom. The molecule has 2 rings (SSSR count). The van der Waals surface area contributed by atoms with Crippen LogP contribution in [0.2, 0.25) is 0 Å². The Balaban J connectivity index is 2.27. The molecule has 0 unspecified atom stereocenters. The number of carbonyl (C=O) groups is 1. The second kappa shape index (κ2) is 6.24. The van der Waals surface area contributed by atoms with Gasteiger partial charge in [-0.05, 0) is 63.0 Å². The van der Waals surface area contributed by atoms with Gasteiger partial charge in [0, 0.05) is 26.2 Å². The minimum atomic E-state index is -0.133. The van der Waals surface area contributed by atoms with E-state index in [1.807, 2.05) is 42.0 Å². The van der Waals surface area contributed by atoms with Crippen molar-refractivity contribution in [2.24, 2.45) is 0 Å². The molecule has 1 aromatic carbocycles. The summed E-state index contributed by atoms with van der Waals surface area (Å²) < 4.78 is 4.55. The van der Waals surface area contributed by atoms with E-state index in [1.54, 1.807) is 0 Å². The van der Waals surface area contributed by atoms with Crippen LogP contribution in [0.3, 0.4) is 0 Å². The van der Waals surface area contributed by atoms with E-state index in [2.05, 4.69) is 53.1 Å². The standard InChI is InChI=1S/C13H11Br3N2O/c1-2-18-7-9(15)6-12(18)13(19)17-11-5-8(14)3-4-10(11)16/h3-7H,2H2,1H3,(H,17,19). The number of hydrogen-bond acceptors (Lipinski definition) is 1. The number of benzene rings is 1. The molecule has 0 aliphatic rings. The van der Waals surface area contributed by atoms with Gasteiger partial charge in [-0.15, -0.1) is 0 Å². The molecule has 6 heteroatoms. The maximum absolute atomic E-state index is 12.3.